The van der Waals surface area contributed by atoms with Gasteiger partial charge in [-0.1, -0.05) is 6.92 Å². The summed E-state index contributed by atoms with van der Waals surface area (Å²) in [4.78, 5) is 17.1. The summed E-state index contributed by atoms with van der Waals surface area (Å²) in [5, 5.41) is 2.91. The molecule has 23 heavy (non-hydrogen) atoms. The van der Waals surface area contributed by atoms with Crippen molar-refractivity contribution in [1.29, 1.82) is 0 Å². The largest absolute Gasteiger partial charge is 0.369 e. The number of alkyl halides is 2. The molecule has 0 spiro atoms. The number of rotatable bonds is 4. The maximum atomic E-state index is 12.3. The number of hydrogen-bond acceptors (Lipinski definition) is 3. The van der Waals surface area contributed by atoms with Crippen LogP contribution in [-0.4, -0.2) is 47.9 Å². The highest BCUT2D eigenvalue weighted by atomic mass is 35.5. The number of amides is 1. The fraction of sp³-hybridized carbons (Fsp3) is 0.588. The zero-order chi connectivity index (χ0) is 16.7. The predicted molar refractivity (Wildman–Crippen MR) is 96.6 cm³/mol. The van der Waals surface area contributed by atoms with E-state index >= 15 is 0 Å². The monoisotopic (exact) mass is 355 g/mol. The molecule has 4 nitrogen and oxygen atoms in total. The molecular formula is C17H23Cl2N3O. The molecule has 0 bridgehead atoms. The molecule has 0 aromatic heterocycles. The number of piperazine rings is 1. The summed E-state index contributed by atoms with van der Waals surface area (Å²) in [6.07, 6.45) is 0.495. The topological polar surface area (TPSA) is 35.6 Å². The van der Waals surface area contributed by atoms with Crippen molar-refractivity contribution in [2.45, 2.75) is 24.6 Å². The molecule has 1 heterocycles. The van der Waals surface area contributed by atoms with E-state index in [9.17, 15) is 4.79 Å². The van der Waals surface area contributed by atoms with E-state index in [1.165, 1.54) is 5.69 Å². The Bertz CT molecular complexity index is 582. The zero-order valence-electron chi connectivity index (χ0n) is 13.6. The Labute approximate surface area is 147 Å². The van der Waals surface area contributed by atoms with Crippen molar-refractivity contribution in [3.05, 3.63) is 24.3 Å². The van der Waals surface area contributed by atoms with Gasteiger partial charge in [0, 0.05) is 37.6 Å². The number of carbonyl (C=O) groups excluding carboxylic acids is 1. The lowest BCUT2D eigenvalue weighted by Crippen LogP contribution is -2.46. The van der Waals surface area contributed by atoms with Gasteiger partial charge in [-0.05, 0) is 44.2 Å². The Morgan fingerprint density at radius 2 is 1.74 bits per heavy atom. The standard InChI is InChI=1S/C17H23Cl2N3O/c1-3-21-8-10-22(11-9-21)14-6-4-13(5-7-14)20-15(23)16(2)12-17(16,18)19/h4-7H,3,8-12H2,1-2H3,(H,20,23). The highest BCUT2D eigenvalue weighted by molar-refractivity contribution is 6.53. The molecule has 1 amide bonds. The highest BCUT2D eigenvalue weighted by Gasteiger charge is 2.67. The van der Waals surface area contributed by atoms with Crippen molar-refractivity contribution in [1.82, 2.24) is 4.90 Å². The van der Waals surface area contributed by atoms with Gasteiger partial charge in [-0.2, -0.15) is 0 Å². The summed E-state index contributed by atoms with van der Waals surface area (Å²) >= 11 is 12.1. The van der Waals surface area contributed by atoms with Crippen molar-refractivity contribution in [2.75, 3.05) is 42.9 Å². The van der Waals surface area contributed by atoms with Crippen molar-refractivity contribution in [3.8, 4) is 0 Å². The molecule has 1 saturated heterocycles. The number of carbonyl (C=O) groups is 1. The third-order valence-electron chi connectivity index (χ3n) is 5.07. The third kappa shape index (κ3) is 3.30. The van der Waals surface area contributed by atoms with Gasteiger partial charge in [0.25, 0.3) is 0 Å². The summed E-state index contributed by atoms with van der Waals surface area (Å²) in [5.41, 5.74) is 1.29. The van der Waals surface area contributed by atoms with E-state index in [2.05, 4.69) is 34.2 Å². The number of benzene rings is 1. The van der Waals surface area contributed by atoms with E-state index in [0.717, 1.165) is 38.4 Å². The van der Waals surface area contributed by atoms with E-state index in [0.29, 0.717) is 6.42 Å². The maximum Gasteiger partial charge on any atom is 0.233 e. The van der Waals surface area contributed by atoms with Crippen LogP contribution in [0.25, 0.3) is 0 Å². The van der Waals surface area contributed by atoms with Crippen LogP contribution >= 0.6 is 23.2 Å². The molecule has 3 rings (SSSR count). The van der Waals surface area contributed by atoms with Crippen LogP contribution in [0.15, 0.2) is 24.3 Å². The minimum atomic E-state index is -0.935. The van der Waals surface area contributed by atoms with Crippen LogP contribution in [0, 0.1) is 5.41 Å². The summed E-state index contributed by atoms with van der Waals surface area (Å²) in [6, 6.07) is 7.99. The lowest BCUT2D eigenvalue weighted by atomic mass is 10.1. The maximum absolute atomic E-state index is 12.3. The summed E-state index contributed by atoms with van der Waals surface area (Å²) in [6.45, 7) is 9.38. The molecule has 1 aromatic rings. The Hall–Kier alpha value is -0.970. The van der Waals surface area contributed by atoms with E-state index < -0.39 is 9.75 Å². The molecule has 1 unspecified atom stereocenters. The van der Waals surface area contributed by atoms with Crippen LogP contribution in [0.2, 0.25) is 0 Å². The molecule has 1 aliphatic heterocycles. The Morgan fingerprint density at radius 3 is 2.22 bits per heavy atom. The lowest BCUT2D eigenvalue weighted by Gasteiger charge is -2.35. The molecule has 2 fully saturated rings. The first-order chi connectivity index (χ1) is 10.9. The molecule has 0 radical (unpaired) electrons. The normalized spacial score (nSPS) is 26.9. The predicted octanol–water partition coefficient (Wildman–Crippen LogP) is 3.35. The van der Waals surface area contributed by atoms with Crippen LogP contribution in [0.3, 0.4) is 0 Å². The Morgan fingerprint density at radius 1 is 1.17 bits per heavy atom. The minimum absolute atomic E-state index is 0.119. The second-order valence-corrected chi connectivity index (χ2v) is 8.12. The summed E-state index contributed by atoms with van der Waals surface area (Å²) in [7, 11) is 0. The summed E-state index contributed by atoms with van der Waals surface area (Å²) in [5.74, 6) is -0.119. The SMILES string of the molecule is CCN1CCN(c2ccc(NC(=O)C3(C)CC3(Cl)Cl)cc2)CC1. The van der Waals surface area contributed by atoms with Crippen LogP contribution in [0.4, 0.5) is 11.4 Å². The van der Waals surface area contributed by atoms with E-state index in [1.54, 1.807) is 6.92 Å². The Balaban J connectivity index is 1.59. The smallest absolute Gasteiger partial charge is 0.233 e. The van der Waals surface area contributed by atoms with Gasteiger partial charge in [-0.3, -0.25) is 4.79 Å². The number of halogens is 2. The van der Waals surface area contributed by atoms with E-state index in [4.69, 9.17) is 23.2 Å². The van der Waals surface area contributed by atoms with Crippen LogP contribution in [0.5, 0.6) is 0 Å². The van der Waals surface area contributed by atoms with Crippen LogP contribution in [-0.2, 0) is 4.79 Å². The van der Waals surface area contributed by atoms with E-state index in [-0.39, 0.29) is 5.91 Å². The lowest BCUT2D eigenvalue weighted by molar-refractivity contribution is -0.120. The van der Waals surface area contributed by atoms with E-state index in [1.807, 2.05) is 12.1 Å². The molecule has 6 heteroatoms. The number of nitrogens with one attached hydrogen (secondary N) is 1. The van der Waals surface area contributed by atoms with Crippen LogP contribution < -0.4 is 10.2 Å². The molecule has 1 saturated carbocycles. The molecule has 1 aliphatic carbocycles. The zero-order valence-corrected chi connectivity index (χ0v) is 15.1. The van der Waals surface area contributed by atoms with Gasteiger partial charge in [0.2, 0.25) is 5.91 Å². The van der Waals surface area contributed by atoms with Gasteiger partial charge in [-0.25, -0.2) is 0 Å². The molecule has 1 atom stereocenters. The first-order valence-electron chi connectivity index (χ1n) is 8.12. The fourth-order valence-electron chi connectivity index (χ4n) is 2.99. The van der Waals surface area contributed by atoms with Crippen LogP contribution in [0.1, 0.15) is 20.3 Å². The number of likely N-dealkylation sites (N-methyl/N-ethyl adjacent to an activating group) is 1. The second kappa shape index (κ2) is 6.15. The highest BCUT2D eigenvalue weighted by Crippen LogP contribution is 2.64. The van der Waals surface area contributed by atoms with Crippen molar-refractivity contribution < 1.29 is 4.79 Å². The third-order valence-corrected chi connectivity index (χ3v) is 6.17. The number of hydrogen-bond donors (Lipinski definition) is 1. The van der Waals surface area contributed by atoms with Gasteiger partial charge in [-0.15, -0.1) is 23.2 Å². The van der Waals surface area contributed by atoms with Crippen molar-refractivity contribution >= 4 is 40.5 Å². The average molecular weight is 356 g/mol. The quantitative estimate of drug-likeness (QED) is 0.841. The molecular weight excluding hydrogens is 333 g/mol. The van der Waals surface area contributed by atoms with Gasteiger partial charge in [0.05, 0.1) is 5.41 Å². The molecule has 126 valence electrons. The van der Waals surface area contributed by atoms with Gasteiger partial charge < -0.3 is 15.1 Å². The second-order valence-electron chi connectivity index (χ2n) is 6.64. The van der Waals surface area contributed by atoms with Gasteiger partial charge in [0.15, 0.2) is 0 Å². The number of nitrogens with zero attached hydrogens (tertiary/aromatic N) is 2. The summed E-state index contributed by atoms with van der Waals surface area (Å²) < 4.78 is -0.935. The van der Waals surface area contributed by atoms with Gasteiger partial charge >= 0.3 is 0 Å². The molecule has 1 aromatic carbocycles. The first kappa shape index (κ1) is 16.9. The van der Waals surface area contributed by atoms with Crippen molar-refractivity contribution in [3.63, 3.8) is 0 Å². The first-order valence-corrected chi connectivity index (χ1v) is 8.88. The minimum Gasteiger partial charge on any atom is -0.369 e. The average Bonchev–Trinajstić information content (AvgIpc) is 3.08. The van der Waals surface area contributed by atoms with Gasteiger partial charge in [0.1, 0.15) is 4.33 Å². The number of anilines is 2. The fourth-order valence-corrected chi connectivity index (χ4v) is 3.70. The molecule has 1 N–H and O–H groups in total. The van der Waals surface area contributed by atoms with Crippen molar-refractivity contribution in [2.24, 2.45) is 5.41 Å². The Kier molecular flexibility index (Phi) is 4.51. The molecule has 2 aliphatic rings.